The summed E-state index contributed by atoms with van der Waals surface area (Å²) in [7, 11) is 1.15. The number of carbonyl (C=O) groups is 2. The van der Waals surface area contributed by atoms with Gasteiger partial charge in [-0.3, -0.25) is 5.32 Å². The second kappa shape index (κ2) is 7.26. The van der Waals surface area contributed by atoms with Crippen molar-refractivity contribution in [3.8, 4) is 0 Å². The summed E-state index contributed by atoms with van der Waals surface area (Å²) in [5.74, 6) is -0.936. The lowest BCUT2D eigenvalue weighted by molar-refractivity contribution is -0.166. The van der Waals surface area contributed by atoms with Gasteiger partial charge in [0, 0.05) is 6.42 Å². The smallest absolute Gasteiger partial charge is 0.410 e. The zero-order valence-electron chi connectivity index (χ0n) is 13.4. The van der Waals surface area contributed by atoms with Crippen molar-refractivity contribution in [3.63, 3.8) is 0 Å². The molecule has 0 spiro atoms. The molecule has 0 aromatic heterocycles. The van der Waals surface area contributed by atoms with Gasteiger partial charge >= 0.3 is 12.1 Å². The molecule has 0 aliphatic carbocycles. The Morgan fingerprint density at radius 2 is 1.77 bits per heavy atom. The lowest BCUT2D eigenvalue weighted by Crippen LogP contribution is -2.56. The van der Waals surface area contributed by atoms with Gasteiger partial charge in [0.25, 0.3) is 0 Å². The van der Waals surface area contributed by atoms with Crippen LogP contribution in [0.5, 0.6) is 0 Å². The molecule has 1 amide bonds. The van der Waals surface area contributed by atoms with E-state index >= 15 is 0 Å². The minimum atomic E-state index is -2.13. The van der Waals surface area contributed by atoms with Gasteiger partial charge in [0.15, 0.2) is 0 Å². The van der Waals surface area contributed by atoms with Crippen molar-refractivity contribution in [3.05, 3.63) is 35.9 Å². The topological polar surface area (TPSA) is 84.9 Å². The van der Waals surface area contributed by atoms with Gasteiger partial charge in [0.05, 0.1) is 7.11 Å². The third-order valence-electron chi connectivity index (χ3n) is 2.85. The van der Waals surface area contributed by atoms with Crippen LogP contribution < -0.4 is 5.32 Å². The molecular weight excluding hydrogens is 286 g/mol. The fraction of sp³-hybridized carbons (Fsp3) is 0.500. The van der Waals surface area contributed by atoms with E-state index < -0.39 is 23.4 Å². The predicted molar refractivity (Wildman–Crippen MR) is 81.1 cm³/mol. The summed E-state index contributed by atoms with van der Waals surface area (Å²) in [4.78, 5) is 23.6. The van der Waals surface area contributed by atoms with Crippen LogP contribution in [0.2, 0.25) is 0 Å². The van der Waals surface area contributed by atoms with E-state index in [1.165, 1.54) is 0 Å². The molecule has 6 nitrogen and oxygen atoms in total. The Labute approximate surface area is 130 Å². The summed E-state index contributed by atoms with van der Waals surface area (Å²) in [5.41, 5.74) is -1.94. The molecule has 0 saturated heterocycles. The second-order valence-corrected chi connectivity index (χ2v) is 5.96. The first-order valence-corrected chi connectivity index (χ1v) is 7.02. The van der Waals surface area contributed by atoms with Crippen molar-refractivity contribution < 1.29 is 24.2 Å². The molecule has 122 valence electrons. The quantitative estimate of drug-likeness (QED) is 0.642. The average Bonchev–Trinajstić information content (AvgIpc) is 2.43. The van der Waals surface area contributed by atoms with Crippen molar-refractivity contribution in [1.29, 1.82) is 0 Å². The van der Waals surface area contributed by atoms with Gasteiger partial charge in [-0.25, -0.2) is 9.59 Å². The Morgan fingerprint density at radius 3 is 2.27 bits per heavy atom. The first-order chi connectivity index (χ1) is 10.2. The highest BCUT2D eigenvalue weighted by molar-refractivity contribution is 5.83. The van der Waals surface area contributed by atoms with E-state index in [4.69, 9.17) is 4.74 Å². The largest absolute Gasteiger partial charge is 0.465 e. The predicted octanol–water partition coefficient (Wildman–Crippen LogP) is 2.01. The normalized spacial score (nSPS) is 13.9. The lowest BCUT2D eigenvalue weighted by atomic mass is 10.0. The Balaban J connectivity index is 2.77. The van der Waals surface area contributed by atoms with Crippen LogP contribution in [0, 0.1) is 0 Å². The summed E-state index contributed by atoms with van der Waals surface area (Å²) >= 11 is 0. The molecule has 1 aromatic carbocycles. The summed E-state index contributed by atoms with van der Waals surface area (Å²) in [6.07, 6.45) is -0.515. The lowest BCUT2D eigenvalue weighted by Gasteiger charge is -2.28. The Morgan fingerprint density at radius 1 is 1.18 bits per heavy atom. The van der Waals surface area contributed by atoms with E-state index in [0.29, 0.717) is 6.42 Å². The highest BCUT2D eigenvalue weighted by Gasteiger charge is 2.39. The number of alkyl carbamates (subject to hydrolysis) is 1. The molecule has 1 aromatic rings. The van der Waals surface area contributed by atoms with E-state index in [9.17, 15) is 14.7 Å². The number of rotatable bonds is 5. The standard InChI is InChI=1S/C16H23NO5/c1-15(2,3)22-14(19)17-16(20,13(18)21-4)11-10-12-8-6-5-7-9-12/h5-9,20H,10-11H2,1-4H3,(H,17,19)/t16-/m1/s1. The van der Waals surface area contributed by atoms with Gasteiger partial charge in [-0.2, -0.15) is 0 Å². The molecule has 22 heavy (non-hydrogen) atoms. The number of ether oxygens (including phenoxy) is 2. The van der Waals surface area contributed by atoms with Gasteiger partial charge in [-0.05, 0) is 32.8 Å². The molecular formula is C16H23NO5. The minimum Gasteiger partial charge on any atom is -0.465 e. The van der Waals surface area contributed by atoms with Crippen molar-refractivity contribution in [2.45, 2.75) is 44.9 Å². The number of aliphatic hydroxyl groups is 1. The molecule has 0 heterocycles. The number of hydrogen-bond donors (Lipinski definition) is 2. The fourth-order valence-electron chi connectivity index (χ4n) is 1.83. The van der Waals surface area contributed by atoms with Gasteiger partial charge in [-0.1, -0.05) is 30.3 Å². The molecule has 0 bridgehead atoms. The number of methoxy groups -OCH3 is 1. The van der Waals surface area contributed by atoms with Crippen LogP contribution in [-0.2, 0) is 20.7 Å². The number of aryl methyl sites for hydroxylation is 1. The molecule has 1 rings (SSSR count). The molecule has 0 aliphatic heterocycles. The van der Waals surface area contributed by atoms with E-state index in [2.05, 4.69) is 10.1 Å². The minimum absolute atomic E-state index is 0.0249. The highest BCUT2D eigenvalue weighted by Crippen LogP contribution is 2.16. The number of esters is 1. The Kier molecular flexibility index (Phi) is 5.93. The zero-order valence-corrected chi connectivity index (χ0v) is 13.4. The Bertz CT molecular complexity index is 509. The maximum Gasteiger partial charge on any atom is 0.410 e. The van der Waals surface area contributed by atoms with Gasteiger partial charge in [0.2, 0.25) is 5.72 Å². The van der Waals surface area contributed by atoms with Crippen LogP contribution >= 0.6 is 0 Å². The van der Waals surface area contributed by atoms with Gasteiger partial charge < -0.3 is 14.6 Å². The molecule has 0 radical (unpaired) electrons. The number of benzene rings is 1. The van der Waals surface area contributed by atoms with Crippen molar-refractivity contribution in [2.75, 3.05) is 7.11 Å². The first kappa shape index (κ1) is 18.0. The van der Waals surface area contributed by atoms with Crippen LogP contribution in [0.15, 0.2) is 30.3 Å². The summed E-state index contributed by atoms with van der Waals surface area (Å²) in [6, 6.07) is 9.31. The van der Waals surface area contributed by atoms with E-state index in [1.54, 1.807) is 20.8 Å². The van der Waals surface area contributed by atoms with Crippen molar-refractivity contribution in [2.24, 2.45) is 0 Å². The van der Waals surface area contributed by atoms with E-state index in [0.717, 1.165) is 12.7 Å². The second-order valence-electron chi connectivity index (χ2n) is 5.96. The van der Waals surface area contributed by atoms with Crippen LogP contribution in [0.4, 0.5) is 4.79 Å². The van der Waals surface area contributed by atoms with E-state index in [1.807, 2.05) is 30.3 Å². The first-order valence-electron chi connectivity index (χ1n) is 7.02. The third kappa shape index (κ3) is 5.73. The zero-order chi connectivity index (χ0) is 16.8. The molecule has 0 aliphatic rings. The average molecular weight is 309 g/mol. The Hall–Kier alpha value is -2.08. The van der Waals surface area contributed by atoms with Crippen LogP contribution in [0.3, 0.4) is 0 Å². The van der Waals surface area contributed by atoms with Gasteiger partial charge in [0.1, 0.15) is 5.60 Å². The fourth-order valence-corrected chi connectivity index (χ4v) is 1.83. The molecule has 0 fully saturated rings. The number of amides is 1. The summed E-state index contributed by atoms with van der Waals surface area (Å²) in [6.45, 7) is 5.06. The number of carbonyl (C=O) groups excluding carboxylic acids is 2. The molecule has 0 unspecified atom stereocenters. The summed E-state index contributed by atoms with van der Waals surface area (Å²) < 4.78 is 9.64. The number of hydrogen-bond acceptors (Lipinski definition) is 5. The maximum atomic E-state index is 11.8. The molecule has 6 heteroatoms. The number of nitrogens with one attached hydrogen (secondary N) is 1. The van der Waals surface area contributed by atoms with E-state index in [-0.39, 0.29) is 6.42 Å². The highest BCUT2D eigenvalue weighted by atomic mass is 16.6. The van der Waals surface area contributed by atoms with Crippen LogP contribution in [0.1, 0.15) is 32.8 Å². The monoisotopic (exact) mass is 309 g/mol. The van der Waals surface area contributed by atoms with Crippen LogP contribution in [-0.4, -0.2) is 35.6 Å². The molecule has 1 atom stereocenters. The molecule has 2 N–H and O–H groups in total. The van der Waals surface area contributed by atoms with Crippen LogP contribution in [0.25, 0.3) is 0 Å². The SMILES string of the molecule is COC(=O)[C@](O)(CCc1ccccc1)NC(=O)OC(C)(C)C. The third-order valence-corrected chi connectivity index (χ3v) is 2.85. The summed E-state index contributed by atoms with van der Waals surface area (Å²) in [5, 5.41) is 12.6. The van der Waals surface area contributed by atoms with Crippen molar-refractivity contribution >= 4 is 12.1 Å². The van der Waals surface area contributed by atoms with Crippen molar-refractivity contribution in [1.82, 2.24) is 5.32 Å². The molecule has 0 saturated carbocycles. The maximum absolute atomic E-state index is 11.8. The van der Waals surface area contributed by atoms with Gasteiger partial charge in [-0.15, -0.1) is 0 Å².